The lowest BCUT2D eigenvalue weighted by Gasteiger charge is -2.40. The lowest BCUT2D eigenvalue weighted by atomic mass is 10.0. The van der Waals surface area contributed by atoms with E-state index >= 15 is 0 Å². The first-order valence-corrected chi connectivity index (χ1v) is 10.9. The normalized spacial score (nSPS) is 19.8. The van der Waals surface area contributed by atoms with Crippen LogP contribution in [0.4, 0.5) is 0 Å². The SMILES string of the molecule is O=C(C(c1ccccc1)N1CCN(C/C=C/c2ccccc2)CC1)N1CCOCC1. The van der Waals surface area contributed by atoms with E-state index in [1.807, 2.05) is 29.2 Å². The van der Waals surface area contributed by atoms with E-state index in [9.17, 15) is 4.79 Å². The Hall–Kier alpha value is -2.47. The van der Waals surface area contributed by atoms with Crippen LogP contribution in [0.1, 0.15) is 17.2 Å². The second kappa shape index (κ2) is 10.5. The van der Waals surface area contributed by atoms with Gasteiger partial charge in [-0.25, -0.2) is 0 Å². The van der Waals surface area contributed by atoms with Gasteiger partial charge >= 0.3 is 0 Å². The van der Waals surface area contributed by atoms with Crippen LogP contribution in [0.25, 0.3) is 6.08 Å². The molecule has 0 aliphatic carbocycles. The quantitative estimate of drug-likeness (QED) is 0.740. The van der Waals surface area contributed by atoms with E-state index in [1.165, 1.54) is 5.56 Å². The molecule has 1 atom stereocenters. The lowest BCUT2D eigenvalue weighted by Crippen LogP contribution is -2.53. The maximum atomic E-state index is 13.4. The smallest absolute Gasteiger partial charge is 0.244 e. The van der Waals surface area contributed by atoms with Gasteiger partial charge in [-0.2, -0.15) is 0 Å². The minimum Gasteiger partial charge on any atom is -0.378 e. The van der Waals surface area contributed by atoms with Crippen LogP contribution >= 0.6 is 0 Å². The van der Waals surface area contributed by atoms with Crippen LogP contribution in [0.2, 0.25) is 0 Å². The molecule has 5 heteroatoms. The summed E-state index contributed by atoms with van der Waals surface area (Å²) in [6.45, 7) is 7.32. The number of morpholine rings is 1. The summed E-state index contributed by atoms with van der Waals surface area (Å²) in [4.78, 5) is 20.2. The first-order chi connectivity index (χ1) is 14.8. The van der Waals surface area contributed by atoms with Crippen LogP contribution in [-0.2, 0) is 9.53 Å². The van der Waals surface area contributed by atoms with E-state index in [4.69, 9.17) is 4.74 Å². The molecule has 4 rings (SSSR count). The molecule has 2 aliphatic heterocycles. The molecule has 1 unspecified atom stereocenters. The summed E-state index contributed by atoms with van der Waals surface area (Å²) in [5.41, 5.74) is 2.32. The minimum atomic E-state index is -0.202. The Bertz CT molecular complexity index is 811. The first-order valence-electron chi connectivity index (χ1n) is 10.9. The third-order valence-electron chi connectivity index (χ3n) is 5.92. The highest BCUT2D eigenvalue weighted by Gasteiger charge is 2.33. The predicted octanol–water partition coefficient (Wildman–Crippen LogP) is 2.92. The summed E-state index contributed by atoms with van der Waals surface area (Å²) in [5, 5.41) is 0. The van der Waals surface area contributed by atoms with Crippen LogP contribution in [0.5, 0.6) is 0 Å². The Kier molecular flexibility index (Phi) is 7.29. The van der Waals surface area contributed by atoms with E-state index in [2.05, 4.69) is 58.4 Å². The number of hydrogen-bond donors (Lipinski definition) is 0. The summed E-state index contributed by atoms with van der Waals surface area (Å²) in [6.07, 6.45) is 4.42. The fourth-order valence-corrected chi connectivity index (χ4v) is 4.21. The predicted molar refractivity (Wildman–Crippen MR) is 120 cm³/mol. The summed E-state index contributed by atoms with van der Waals surface area (Å²) in [7, 11) is 0. The third kappa shape index (κ3) is 5.36. The van der Waals surface area contributed by atoms with Gasteiger partial charge in [0.2, 0.25) is 5.91 Å². The highest BCUT2D eigenvalue weighted by molar-refractivity contribution is 5.83. The Labute approximate surface area is 179 Å². The zero-order valence-electron chi connectivity index (χ0n) is 17.5. The minimum absolute atomic E-state index is 0.202. The Morgan fingerprint density at radius 1 is 0.867 bits per heavy atom. The van der Waals surface area contributed by atoms with Crippen molar-refractivity contribution in [1.82, 2.24) is 14.7 Å². The molecule has 0 bridgehead atoms. The van der Waals surface area contributed by atoms with Gasteiger partial charge in [-0.1, -0.05) is 72.8 Å². The first kappa shape index (κ1) is 20.8. The molecule has 30 heavy (non-hydrogen) atoms. The van der Waals surface area contributed by atoms with Gasteiger partial charge in [0.1, 0.15) is 6.04 Å². The second-order valence-electron chi connectivity index (χ2n) is 7.90. The van der Waals surface area contributed by atoms with Gasteiger partial charge in [0, 0.05) is 45.8 Å². The fraction of sp³-hybridized carbons (Fsp3) is 0.400. The van der Waals surface area contributed by atoms with Crippen molar-refractivity contribution in [3.63, 3.8) is 0 Å². The van der Waals surface area contributed by atoms with Gasteiger partial charge in [0.25, 0.3) is 0 Å². The summed E-state index contributed by atoms with van der Waals surface area (Å²) >= 11 is 0. The van der Waals surface area contributed by atoms with Crippen molar-refractivity contribution in [3.05, 3.63) is 77.9 Å². The molecule has 2 aromatic rings. The average molecular weight is 406 g/mol. The van der Waals surface area contributed by atoms with Crippen molar-refractivity contribution in [2.45, 2.75) is 6.04 Å². The van der Waals surface area contributed by atoms with Gasteiger partial charge in [-0.15, -0.1) is 0 Å². The molecule has 2 aromatic carbocycles. The number of carbonyl (C=O) groups is 1. The van der Waals surface area contributed by atoms with Gasteiger partial charge in [0.15, 0.2) is 0 Å². The fourth-order valence-electron chi connectivity index (χ4n) is 4.21. The van der Waals surface area contributed by atoms with Crippen LogP contribution in [0, 0.1) is 0 Å². The van der Waals surface area contributed by atoms with Crippen LogP contribution in [0.15, 0.2) is 66.7 Å². The molecule has 0 spiro atoms. The molecule has 158 valence electrons. The van der Waals surface area contributed by atoms with Crippen LogP contribution in [0.3, 0.4) is 0 Å². The number of nitrogens with zero attached hydrogens (tertiary/aromatic N) is 3. The number of rotatable bonds is 6. The highest BCUT2D eigenvalue weighted by Crippen LogP contribution is 2.25. The number of carbonyl (C=O) groups excluding carboxylic acids is 1. The van der Waals surface area contributed by atoms with E-state index < -0.39 is 0 Å². The molecule has 0 N–H and O–H groups in total. The molecular weight excluding hydrogens is 374 g/mol. The zero-order valence-corrected chi connectivity index (χ0v) is 17.5. The highest BCUT2D eigenvalue weighted by atomic mass is 16.5. The van der Waals surface area contributed by atoms with Gasteiger partial charge in [-0.05, 0) is 11.1 Å². The van der Waals surface area contributed by atoms with Crippen molar-refractivity contribution in [2.24, 2.45) is 0 Å². The molecule has 0 saturated carbocycles. The largest absolute Gasteiger partial charge is 0.378 e. The number of ether oxygens (including phenoxy) is 1. The molecule has 2 fully saturated rings. The Morgan fingerprint density at radius 2 is 1.50 bits per heavy atom. The zero-order chi connectivity index (χ0) is 20.6. The molecule has 2 aliphatic rings. The average Bonchev–Trinajstić information content (AvgIpc) is 2.82. The summed E-state index contributed by atoms with van der Waals surface area (Å²) in [5.74, 6) is 0.210. The molecule has 1 amide bonds. The number of amides is 1. The van der Waals surface area contributed by atoms with Crippen molar-refractivity contribution in [3.8, 4) is 0 Å². The van der Waals surface area contributed by atoms with E-state index in [1.54, 1.807) is 0 Å². The Balaban J connectivity index is 1.38. The second-order valence-corrected chi connectivity index (χ2v) is 7.90. The Morgan fingerprint density at radius 3 is 2.17 bits per heavy atom. The van der Waals surface area contributed by atoms with Crippen molar-refractivity contribution in [1.29, 1.82) is 0 Å². The maximum Gasteiger partial charge on any atom is 0.244 e. The molecule has 0 aromatic heterocycles. The number of hydrogen-bond acceptors (Lipinski definition) is 4. The van der Waals surface area contributed by atoms with E-state index in [-0.39, 0.29) is 11.9 Å². The maximum absolute atomic E-state index is 13.4. The monoisotopic (exact) mass is 405 g/mol. The summed E-state index contributed by atoms with van der Waals surface area (Å²) in [6, 6.07) is 20.4. The van der Waals surface area contributed by atoms with Crippen LogP contribution < -0.4 is 0 Å². The van der Waals surface area contributed by atoms with Gasteiger partial charge in [-0.3, -0.25) is 14.6 Å². The van der Waals surface area contributed by atoms with Crippen molar-refractivity contribution < 1.29 is 9.53 Å². The molecule has 2 saturated heterocycles. The van der Waals surface area contributed by atoms with Crippen molar-refractivity contribution in [2.75, 3.05) is 59.0 Å². The van der Waals surface area contributed by atoms with Gasteiger partial charge < -0.3 is 9.64 Å². The summed E-state index contributed by atoms with van der Waals surface area (Å²) < 4.78 is 5.44. The number of piperazine rings is 1. The third-order valence-corrected chi connectivity index (χ3v) is 5.92. The molecule has 5 nitrogen and oxygen atoms in total. The van der Waals surface area contributed by atoms with Crippen molar-refractivity contribution >= 4 is 12.0 Å². The molecular formula is C25H31N3O2. The number of benzene rings is 2. The van der Waals surface area contributed by atoms with E-state index in [0.717, 1.165) is 38.3 Å². The van der Waals surface area contributed by atoms with E-state index in [0.29, 0.717) is 26.3 Å². The molecule has 2 heterocycles. The van der Waals surface area contributed by atoms with Crippen LogP contribution in [-0.4, -0.2) is 79.6 Å². The molecule has 0 radical (unpaired) electrons. The topological polar surface area (TPSA) is 36.0 Å². The standard InChI is InChI=1S/C25H31N3O2/c29-25(28-18-20-30-21-19-28)24(23-11-5-2-6-12-23)27-16-14-26(15-17-27)13-7-10-22-8-3-1-4-9-22/h1-12,24H,13-21H2/b10-7+. The lowest BCUT2D eigenvalue weighted by molar-refractivity contribution is -0.142. The van der Waals surface area contributed by atoms with Gasteiger partial charge in [0.05, 0.1) is 13.2 Å².